The molecular formula is C24H20F3N3. The van der Waals surface area contributed by atoms with E-state index in [0.29, 0.717) is 11.3 Å². The highest BCUT2D eigenvalue weighted by atomic mass is 19.4. The molecule has 1 N–H and O–H groups in total. The molecule has 3 aromatic carbocycles. The second-order valence-corrected chi connectivity index (χ2v) is 7.16. The fourth-order valence-electron chi connectivity index (χ4n) is 3.44. The largest absolute Gasteiger partial charge is 0.416 e. The molecule has 0 aliphatic heterocycles. The van der Waals surface area contributed by atoms with Crippen LogP contribution in [0.25, 0.3) is 22.3 Å². The van der Waals surface area contributed by atoms with Crippen molar-refractivity contribution in [1.82, 2.24) is 15.1 Å². The van der Waals surface area contributed by atoms with E-state index in [4.69, 9.17) is 0 Å². The van der Waals surface area contributed by atoms with Crippen LogP contribution >= 0.6 is 0 Å². The Hall–Kier alpha value is -3.54. The van der Waals surface area contributed by atoms with Gasteiger partial charge in [-0.2, -0.15) is 18.3 Å². The number of aryl methyl sites for hydroxylation is 1. The van der Waals surface area contributed by atoms with Crippen LogP contribution in [0, 0.1) is 6.92 Å². The second kappa shape index (κ2) is 7.71. The molecule has 0 radical (unpaired) electrons. The lowest BCUT2D eigenvalue weighted by molar-refractivity contribution is -0.137. The average molecular weight is 407 g/mol. The second-order valence-electron chi connectivity index (χ2n) is 7.16. The Morgan fingerprint density at radius 3 is 2.57 bits per heavy atom. The van der Waals surface area contributed by atoms with Gasteiger partial charge in [0.2, 0.25) is 0 Å². The van der Waals surface area contributed by atoms with Gasteiger partial charge in [-0.25, -0.2) is 4.68 Å². The van der Waals surface area contributed by atoms with Crippen LogP contribution < -0.4 is 5.32 Å². The number of hydrogen-bond acceptors (Lipinski definition) is 2. The Balaban J connectivity index is 1.59. The Morgan fingerprint density at radius 1 is 1.03 bits per heavy atom. The molecule has 4 rings (SSSR count). The molecule has 0 saturated carbocycles. The van der Waals surface area contributed by atoms with E-state index in [1.54, 1.807) is 12.3 Å². The molecule has 0 amide bonds. The van der Waals surface area contributed by atoms with Crippen molar-refractivity contribution in [3.8, 4) is 5.69 Å². The molecule has 30 heavy (non-hydrogen) atoms. The molecule has 0 atom stereocenters. The summed E-state index contributed by atoms with van der Waals surface area (Å²) in [7, 11) is 0. The van der Waals surface area contributed by atoms with Gasteiger partial charge < -0.3 is 5.32 Å². The molecule has 0 spiro atoms. The van der Waals surface area contributed by atoms with Crippen molar-refractivity contribution >= 4 is 16.6 Å². The molecule has 6 heteroatoms. The lowest BCUT2D eigenvalue weighted by atomic mass is 10.1. The maximum atomic E-state index is 12.9. The van der Waals surface area contributed by atoms with Crippen molar-refractivity contribution in [1.29, 1.82) is 0 Å². The number of nitrogens with one attached hydrogen (secondary N) is 1. The normalized spacial score (nSPS) is 11.6. The third kappa shape index (κ3) is 3.94. The molecular weight excluding hydrogens is 387 g/mol. The first-order valence-corrected chi connectivity index (χ1v) is 9.46. The van der Waals surface area contributed by atoms with Crippen molar-refractivity contribution in [2.24, 2.45) is 0 Å². The smallest absolute Gasteiger partial charge is 0.381 e. The number of rotatable bonds is 5. The van der Waals surface area contributed by atoms with Crippen molar-refractivity contribution in [3.63, 3.8) is 0 Å². The van der Waals surface area contributed by atoms with E-state index in [0.717, 1.165) is 39.8 Å². The van der Waals surface area contributed by atoms with Crippen LogP contribution in [0.1, 0.15) is 22.3 Å². The summed E-state index contributed by atoms with van der Waals surface area (Å²) in [5.74, 6) is 0. The lowest BCUT2D eigenvalue weighted by Gasteiger charge is -2.13. The highest BCUT2D eigenvalue weighted by Gasteiger charge is 2.30. The topological polar surface area (TPSA) is 29.9 Å². The number of nitrogens with zero attached hydrogens (tertiary/aromatic N) is 2. The highest BCUT2D eigenvalue weighted by Crippen LogP contribution is 2.30. The number of aromatic nitrogens is 2. The molecule has 0 aliphatic carbocycles. The van der Waals surface area contributed by atoms with Crippen LogP contribution in [-0.2, 0) is 12.7 Å². The molecule has 0 bridgehead atoms. The van der Waals surface area contributed by atoms with Gasteiger partial charge in [-0.15, -0.1) is 0 Å². The van der Waals surface area contributed by atoms with Gasteiger partial charge in [0, 0.05) is 23.2 Å². The van der Waals surface area contributed by atoms with Crippen molar-refractivity contribution in [3.05, 3.63) is 102 Å². The van der Waals surface area contributed by atoms with Crippen LogP contribution in [0.15, 0.2) is 79.5 Å². The quantitative estimate of drug-likeness (QED) is 0.432. The minimum atomic E-state index is -4.36. The number of benzene rings is 3. The van der Waals surface area contributed by atoms with Crippen LogP contribution in [0.3, 0.4) is 0 Å². The Bertz CT molecular complexity index is 1220. The minimum absolute atomic E-state index is 0.241. The fourth-order valence-corrected chi connectivity index (χ4v) is 3.44. The number of fused-ring (bicyclic) bond motifs is 1. The summed E-state index contributed by atoms with van der Waals surface area (Å²) in [6.45, 7) is 6.36. The summed E-state index contributed by atoms with van der Waals surface area (Å²) >= 11 is 0. The Labute approximate surface area is 172 Å². The van der Waals surface area contributed by atoms with Crippen LogP contribution in [0.4, 0.5) is 13.2 Å². The van der Waals surface area contributed by atoms with Crippen LogP contribution in [0.2, 0.25) is 0 Å². The van der Waals surface area contributed by atoms with Gasteiger partial charge in [-0.1, -0.05) is 43.0 Å². The zero-order valence-electron chi connectivity index (χ0n) is 16.4. The van der Waals surface area contributed by atoms with Gasteiger partial charge in [-0.05, 0) is 48.4 Å². The fraction of sp³-hybridized carbons (Fsp3) is 0.125. The van der Waals surface area contributed by atoms with E-state index in [1.165, 1.54) is 6.07 Å². The molecule has 4 aromatic rings. The van der Waals surface area contributed by atoms with E-state index >= 15 is 0 Å². The van der Waals surface area contributed by atoms with Crippen molar-refractivity contribution in [2.75, 3.05) is 0 Å². The standard InChI is InChI=1S/C24H20F3N3/c1-16-6-3-9-20(12-16)30-23-11-5-10-21(22(23)15-29-30)17(2)28-14-18-7-4-8-19(13-18)24(25,26)27/h3-13,15,28H,2,14H2,1H3. The molecule has 1 aromatic heterocycles. The van der Waals surface area contributed by atoms with E-state index in [9.17, 15) is 13.2 Å². The van der Waals surface area contributed by atoms with E-state index < -0.39 is 11.7 Å². The van der Waals surface area contributed by atoms with Gasteiger partial charge in [0.1, 0.15) is 0 Å². The van der Waals surface area contributed by atoms with E-state index in [-0.39, 0.29) is 6.54 Å². The third-order valence-electron chi connectivity index (χ3n) is 4.95. The highest BCUT2D eigenvalue weighted by molar-refractivity contribution is 5.91. The molecule has 0 unspecified atom stereocenters. The molecule has 1 heterocycles. The predicted octanol–water partition coefficient (Wildman–Crippen LogP) is 6.11. The monoisotopic (exact) mass is 407 g/mol. The number of halogens is 3. The summed E-state index contributed by atoms with van der Waals surface area (Å²) in [5.41, 5.74) is 4.40. The summed E-state index contributed by atoms with van der Waals surface area (Å²) in [5, 5.41) is 8.59. The van der Waals surface area contributed by atoms with Crippen LogP contribution in [0.5, 0.6) is 0 Å². The summed E-state index contributed by atoms with van der Waals surface area (Å²) in [4.78, 5) is 0. The minimum Gasteiger partial charge on any atom is -0.381 e. The van der Waals surface area contributed by atoms with E-state index in [1.807, 2.05) is 48.0 Å². The van der Waals surface area contributed by atoms with Gasteiger partial charge in [0.25, 0.3) is 0 Å². The molecule has 0 aliphatic rings. The van der Waals surface area contributed by atoms with Gasteiger partial charge in [0.05, 0.1) is 23.0 Å². The van der Waals surface area contributed by atoms with Crippen LogP contribution in [-0.4, -0.2) is 9.78 Å². The maximum Gasteiger partial charge on any atom is 0.416 e. The number of alkyl halides is 3. The van der Waals surface area contributed by atoms with Gasteiger partial charge in [-0.3, -0.25) is 0 Å². The Morgan fingerprint density at radius 2 is 1.80 bits per heavy atom. The molecule has 0 saturated heterocycles. The first-order chi connectivity index (χ1) is 14.3. The summed E-state index contributed by atoms with van der Waals surface area (Å²) < 4.78 is 40.6. The SMILES string of the molecule is C=C(NCc1cccc(C(F)(F)F)c1)c1cccc2c1cnn2-c1cccc(C)c1. The zero-order valence-corrected chi connectivity index (χ0v) is 16.4. The summed E-state index contributed by atoms with van der Waals surface area (Å²) in [6, 6.07) is 19.2. The maximum absolute atomic E-state index is 12.9. The molecule has 3 nitrogen and oxygen atoms in total. The predicted molar refractivity (Wildman–Crippen MR) is 113 cm³/mol. The van der Waals surface area contributed by atoms with E-state index in [2.05, 4.69) is 23.1 Å². The summed E-state index contributed by atoms with van der Waals surface area (Å²) in [6.07, 6.45) is -2.58. The van der Waals surface area contributed by atoms with Crippen molar-refractivity contribution in [2.45, 2.75) is 19.6 Å². The molecule has 0 fully saturated rings. The average Bonchev–Trinajstić information content (AvgIpc) is 3.16. The van der Waals surface area contributed by atoms with Gasteiger partial charge >= 0.3 is 6.18 Å². The first kappa shape index (κ1) is 19.8. The third-order valence-corrected chi connectivity index (χ3v) is 4.95. The van der Waals surface area contributed by atoms with Crippen molar-refractivity contribution < 1.29 is 13.2 Å². The first-order valence-electron chi connectivity index (χ1n) is 9.46. The number of hydrogen-bond donors (Lipinski definition) is 1. The molecule has 152 valence electrons. The lowest BCUT2D eigenvalue weighted by Crippen LogP contribution is -2.12. The zero-order chi connectivity index (χ0) is 21.3. The van der Waals surface area contributed by atoms with Gasteiger partial charge in [0.15, 0.2) is 0 Å². The Kier molecular flexibility index (Phi) is 5.08.